The molecule has 3 aromatic heterocycles. The van der Waals surface area contributed by atoms with Gasteiger partial charge in [0.05, 0.1) is 0 Å². The number of aromatic amines is 2. The van der Waals surface area contributed by atoms with Crippen molar-refractivity contribution in [1.82, 2.24) is 46.0 Å². The number of hydrogen-bond acceptors (Lipinski definition) is 10. The molecular formula is C32H20CoN9O3S. The Balaban J connectivity index is 0.00000312. The van der Waals surface area contributed by atoms with Crippen molar-refractivity contribution in [2.45, 2.75) is 0 Å². The van der Waals surface area contributed by atoms with E-state index in [2.05, 4.69) is 24.6 Å². The third kappa shape index (κ3) is 4.42. The molecule has 0 saturated heterocycles. The first-order valence-corrected chi connectivity index (χ1v) is 16.3. The zero-order valence-corrected chi connectivity index (χ0v) is 25.4. The Labute approximate surface area is 267 Å². The molecule has 2 aliphatic heterocycles. The van der Waals surface area contributed by atoms with E-state index in [0.717, 1.165) is 33.0 Å². The van der Waals surface area contributed by atoms with E-state index in [0.29, 0.717) is 56.7 Å². The molecule has 226 valence electrons. The van der Waals surface area contributed by atoms with E-state index in [1.165, 1.54) is 6.07 Å². The molecule has 8 bridgehead atoms. The first-order valence-electron chi connectivity index (χ1n) is 13.7. The fraction of sp³-hybridized carbons (Fsp3) is 0. The molecule has 0 amide bonds. The van der Waals surface area contributed by atoms with Crippen LogP contribution in [-0.2, 0) is 23.2 Å². The van der Waals surface area contributed by atoms with Gasteiger partial charge >= 0.3 is 232 Å². The van der Waals surface area contributed by atoms with Crippen molar-refractivity contribution in [2.24, 2.45) is 0 Å². The fourth-order valence-electron chi connectivity index (χ4n) is 5.83. The number of rotatable bonds is 2. The minimum atomic E-state index is -4.16. The molecule has 0 saturated carbocycles. The quantitative estimate of drug-likeness (QED) is 0.191. The molecule has 4 aromatic carbocycles. The summed E-state index contributed by atoms with van der Waals surface area (Å²) < 4.78 is 29.5. The summed E-state index contributed by atoms with van der Waals surface area (Å²) in [6, 6.07) is 28.3. The maximum atomic E-state index is 12.1. The van der Waals surface area contributed by atoms with Gasteiger partial charge in [-0.15, -0.1) is 0 Å². The van der Waals surface area contributed by atoms with Gasteiger partial charge < -0.3 is 6.15 Å². The molecule has 0 spiro atoms. The SMILES string of the molecule is N.O=[S](=O)([Co])Oc1cccc2c3nc4nc(nc5[nH]c(nc6nc(nc([nH]3)c12)-c1ccccc1-6)c1ccccc51)-c1ccccc1-4. The predicted molar refractivity (Wildman–Crippen MR) is 171 cm³/mol. The van der Waals surface area contributed by atoms with Gasteiger partial charge in [-0.2, -0.15) is 0 Å². The number of aromatic nitrogens is 8. The van der Waals surface area contributed by atoms with Crippen LogP contribution >= 0.6 is 0 Å². The summed E-state index contributed by atoms with van der Waals surface area (Å²) in [5, 5.41) is 2.72. The summed E-state index contributed by atoms with van der Waals surface area (Å²) in [6.45, 7) is 0. The van der Waals surface area contributed by atoms with Crippen LogP contribution in [-0.4, -0.2) is 48.3 Å². The normalized spacial score (nSPS) is 12.0. The van der Waals surface area contributed by atoms with Gasteiger partial charge in [0.25, 0.3) is 0 Å². The molecule has 46 heavy (non-hydrogen) atoms. The van der Waals surface area contributed by atoms with Gasteiger partial charge in [-0.05, 0) is 0 Å². The Morgan fingerprint density at radius 1 is 0.500 bits per heavy atom. The average molecular weight is 670 g/mol. The Kier molecular flexibility index (Phi) is 6.23. The standard InChI is InChI=1S/C32H17N8O3S.Co.H3N/c41-44(42)43-23-15-7-14-22-24(23)32-39-30-21-13-6-5-12-20(21)28(37-30)35-26-17-9-2-1-8-16(17)25(33-26)34-27-18-10-3-4-11-19(18)29(36-27)38-31(22)40-32;;/h1-15H,(H2,33,34,35,36,37,38,39,40);;1H3. The van der Waals surface area contributed by atoms with Crippen LogP contribution in [0.25, 0.3) is 89.7 Å². The topological polar surface area (TPSA) is 187 Å². The van der Waals surface area contributed by atoms with Crippen molar-refractivity contribution in [3.63, 3.8) is 0 Å². The molecular weight excluding hydrogens is 649 g/mol. The van der Waals surface area contributed by atoms with E-state index in [1.54, 1.807) is 12.1 Å². The maximum absolute atomic E-state index is 12.1. The Bertz CT molecular complexity index is 2680. The summed E-state index contributed by atoms with van der Waals surface area (Å²) >= 11 is 3.68. The second kappa shape index (κ2) is 10.2. The van der Waals surface area contributed by atoms with Crippen molar-refractivity contribution in [2.75, 3.05) is 0 Å². The van der Waals surface area contributed by atoms with Gasteiger partial charge in [-0.25, -0.2) is 0 Å². The number of hydrogen-bond donors (Lipinski definition) is 3. The van der Waals surface area contributed by atoms with E-state index in [4.69, 9.17) is 34.1 Å². The summed E-state index contributed by atoms with van der Waals surface area (Å²) in [7, 11) is -4.16. The van der Waals surface area contributed by atoms with E-state index in [-0.39, 0.29) is 11.9 Å². The Morgan fingerprint density at radius 3 is 1.37 bits per heavy atom. The van der Waals surface area contributed by atoms with Gasteiger partial charge in [-0.3, -0.25) is 0 Å². The van der Waals surface area contributed by atoms with Gasteiger partial charge in [0.2, 0.25) is 0 Å². The zero-order valence-electron chi connectivity index (χ0n) is 23.5. The van der Waals surface area contributed by atoms with Crippen LogP contribution in [0.15, 0.2) is 91.0 Å². The first-order chi connectivity index (χ1) is 21.9. The second-order valence-corrected chi connectivity index (χ2v) is 12.8. The summed E-state index contributed by atoms with van der Waals surface area (Å²) in [6.07, 6.45) is 0. The van der Waals surface area contributed by atoms with Gasteiger partial charge in [-0.1, -0.05) is 24.3 Å². The predicted octanol–water partition coefficient (Wildman–Crippen LogP) is 6.20. The molecule has 2 aliphatic rings. The zero-order chi connectivity index (χ0) is 30.3. The molecule has 0 unspecified atom stereocenters. The van der Waals surface area contributed by atoms with Gasteiger partial charge in [0.1, 0.15) is 0 Å². The molecule has 5 N–H and O–H groups in total. The minimum absolute atomic E-state index is 0. The van der Waals surface area contributed by atoms with E-state index >= 15 is 0 Å². The summed E-state index contributed by atoms with van der Waals surface area (Å²) in [5.74, 6) is 1.80. The number of nitrogens with one attached hydrogen (secondary N) is 2. The Morgan fingerprint density at radius 2 is 0.891 bits per heavy atom. The third-order valence-corrected chi connectivity index (χ3v) is 8.36. The first kappa shape index (κ1) is 28.0. The molecule has 0 radical (unpaired) electrons. The number of benzene rings is 4. The summed E-state index contributed by atoms with van der Waals surface area (Å²) in [5.41, 5.74) is 5.06. The van der Waals surface area contributed by atoms with Crippen molar-refractivity contribution >= 4 is 52.7 Å². The molecule has 5 heterocycles. The molecule has 9 rings (SSSR count). The van der Waals surface area contributed by atoms with Crippen molar-refractivity contribution in [3.8, 4) is 51.3 Å². The second-order valence-electron chi connectivity index (χ2n) is 10.4. The van der Waals surface area contributed by atoms with Gasteiger partial charge in [0.15, 0.2) is 0 Å². The molecule has 14 heteroatoms. The van der Waals surface area contributed by atoms with Crippen LogP contribution in [0, 0.1) is 0 Å². The van der Waals surface area contributed by atoms with Gasteiger partial charge in [0, 0.05) is 5.39 Å². The van der Waals surface area contributed by atoms with Crippen molar-refractivity contribution in [1.29, 1.82) is 0 Å². The number of H-pyrrole nitrogens is 2. The van der Waals surface area contributed by atoms with Crippen molar-refractivity contribution in [3.05, 3.63) is 91.0 Å². The van der Waals surface area contributed by atoms with Crippen molar-refractivity contribution < 1.29 is 27.2 Å². The molecule has 0 atom stereocenters. The average Bonchev–Trinajstić information content (AvgIpc) is 3.76. The van der Waals surface area contributed by atoms with Crippen LogP contribution < -0.4 is 10.3 Å². The van der Waals surface area contributed by atoms with Crippen LogP contribution in [0.2, 0.25) is 0 Å². The van der Waals surface area contributed by atoms with Crippen LogP contribution in [0.1, 0.15) is 0 Å². The number of nitrogens with zero attached hydrogens (tertiary/aromatic N) is 6. The fourth-order valence-corrected chi connectivity index (χ4v) is 6.46. The molecule has 12 nitrogen and oxygen atoms in total. The molecule has 7 aromatic rings. The molecule has 0 fully saturated rings. The van der Waals surface area contributed by atoms with E-state index in [1.807, 2.05) is 72.8 Å². The Hall–Kier alpha value is -5.54. The van der Waals surface area contributed by atoms with Crippen LogP contribution in [0.3, 0.4) is 0 Å². The monoisotopic (exact) mass is 669 g/mol. The van der Waals surface area contributed by atoms with Crippen LogP contribution in [0.4, 0.5) is 0 Å². The number of fused-ring (bicyclic) bond motifs is 20. The van der Waals surface area contributed by atoms with Crippen LogP contribution in [0.5, 0.6) is 5.75 Å². The van der Waals surface area contributed by atoms with E-state index in [9.17, 15) is 8.42 Å². The molecule has 0 aliphatic carbocycles. The third-order valence-electron chi connectivity index (χ3n) is 7.73. The van der Waals surface area contributed by atoms with E-state index < -0.39 is 8.59 Å². The summed E-state index contributed by atoms with van der Waals surface area (Å²) in [4.78, 5) is 36.1.